The highest BCUT2D eigenvalue weighted by atomic mass is 19.1. The second kappa shape index (κ2) is 9.29. The average molecular weight is 310 g/mol. The number of benzene rings is 2. The zero-order valence-corrected chi connectivity index (χ0v) is 14.3. The van der Waals surface area contributed by atoms with Crippen LogP contribution in [0.5, 0.6) is 0 Å². The molecule has 1 heteroatoms. The van der Waals surface area contributed by atoms with Crippen molar-refractivity contribution < 1.29 is 4.39 Å². The number of aryl methyl sites for hydroxylation is 3. The lowest BCUT2D eigenvalue weighted by Gasteiger charge is -2.05. The van der Waals surface area contributed by atoms with E-state index in [-0.39, 0.29) is 0 Å². The molecule has 0 aliphatic rings. The second-order valence-corrected chi connectivity index (χ2v) is 6.09. The summed E-state index contributed by atoms with van der Waals surface area (Å²) >= 11 is 0. The van der Waals surface area contributed by atoms with Gasteiger partial charge in [0.05, 0.1) is 0 Å². The Morgan fingerprint density at radius 1 is 0.783 bits per heavy atom. The molecule has 2 aromatic rings. The Balaban J connectivity index is 1.87. The van der Waals surface area contributed by atoms with Crippen LogP contribution in [0.3, 0.4) is 0 Å². The van der Waals surface area contributed by atoms with Gasteiger partial charge >= 0.3 is 0 Å². The highest BCUT2D eigenvalue weighted by molar-refractivity contribution is 5.50. The molecule has 0 saturated heterocycles. The van der Waals surface area contributed by atoms with Gasteiger partial charge in [-0.15, -0.1) is 0 Å². The first-order valence-corrected chi connectivity index (χ1v) is 8.70. The van der Waals surface area contributed by atoms with E-state index in [1.165, 1.54) is 23.1 Å². The first-order chi connectivity index (χ1) is 11.2. The molecule has 1 atom stereocenters. The molecule has 0 N–H and O–H groups in total. The summed E-state index contributed by atoms with van der Waals surface area (Å²) in [5, 5.41) is 0. The smallest absolute Gasteiger partial charge is 0.118 e. The van der Waals surface area contributed by atoms with Crippen LogP contribution in [-0.2, 0) is 19.3 Å². The third-order valence-electron chi connectivity index (χ3n) is 4.13. The molecule has 0 fully saturated rings. The molecule has 122 valence electrons. The highest BCUT2D eigenvalue weighted by Crippen LogP contribution is 2.13. The maximum Gasteiger partial charge on any atom is 0.118 e. The van der Waals surface area contributed by atoms with E-state index in [0.29, 0.717) is 6.42 Å². The summed E-state index contributed by atoms with van der Waals surface area (Å²) in [6.07, 6.45) is 7.64. The summed E-state index contributed by atoms with van der Waals surface area (Å²) in [4.78, 5) is 0. The molecule has 0 amide bonds. The third-order valence-corrected chi connectivity index (χ3v) is 4.13. The number of rotatable bonds is 8. The molecule has 0 aliphatic heterocycles. The van der Waals surface area contributed by atoms with Gasteiger partial charge in [-0.3, -0.25) is 0 Å². The van der Waals surface area contributed by atoms with Gasteiger partial charge < -0.3 is 0 Å². The second-order valence-electron chi connectivity index (χ2n) is 6.09. The molecular formula is C22H27F. The van der Waals surface area contributed by atoms with Crippen molar-refractivity contribution in [3.05, 3.63) is 76.9 Å². The molecule has 0 nitrogen and oxygen atoms in total. The largest absolute Gasteiger partial charge is 0.243 e. The van der Waals surface area contributed by atoms with Crippen LogP contribution in [-0.4, -0.2) is 6.17 Å². The van der Waals surface area contributed by atoms with Crippen molar-refractivity contribution in [2.45, 2.75) is 52.1 Å². The van der Waals surface area contributed by atoms with Gasteiger partial charge in [-0.2, -0.15) is 0 Å². The van der Waals surface area contributed by atoms with E-state index in [4.69, 9.17) is 0 Å². The summed E-state index contributed by atoms with van der Waals surface area (Å²) in [5.74, 6) is 0. The zero-order valence-electron chi connectivity index (χ0n) is 14.3. The summed E-state index contributed by atoms with van der Waals surface area (Å²) < 4.78 is 13.2. The van der Waals surface area contributed by atoms with Gasteiger partial charge in [0, 0.05) is 0 Å². The van der Waals surface area contributed by atoms with Crippen LogP contribution >= 0.6 is 0 Å². The average Bonchev–Trinajstić information content (AvgIpc) is 2.60. The third kappa shape index (κ3) is 6.02. The van der Waals surface area contributed by atoms with Gasteiger partial charge in [0.2, 0.25) is 0 Å². The van der Waals surface area contributed by atoms with E-state index in [2.05, 4.69) is 55.5 Å². The lowest BCUT2D eigenvalue weighted by atomic mass is 10.0. The fourth-order valence-corrected chi connectivity index (χ4v) is 2.60. The minimum absolute atomic E-state index is 0.533. The van der Waals surface area contributed by atoms with E-state index < -0.39 is 6.17 Å². The summed E-state index contributed by atoms with van der Waals surface area (Å²) in [6, 6.07) is 17.4. The van der Waals surface area contributed by atoms with E-state index >= 15 is 0 Å². The standard InChI is InChI=1S/C22H27F/c1-3-5-18-6-8-19(9-7-18)10-11-20-12-14-21(15-13-20)16-17-22(23)4-2/h6-9,12-17,22H,3-5,10-11H2,1-2H3/b17-16+. The number of allylic oxidation sites excluding steroid dienone is 1. The highest BCUT2D eigenvalue weighted by Gasteiger charge is 1.99. The normalized spacial score (nSPS) is 12.7. The topological polar surface area (TPSA) is 0 Å². The quantitative estimate of drug-likeness (QED) is 0.545. The molecule has 1 unspecified atom stereocenters. The lowest BCUT2D eigenvalue weighted by Crippen LogP contribution is -1.93. The van der Waals surface area contributed by atoms with Gasteiger partial charge in [-0.05, 0) is 47.9 Å². The van der Waals surface area contributed by atoms with Gasteiger partial charge in [0.15, 0.2) is 0 Å². The molecule has 0 aromatic heterocycles. The minimum atomic E-state index is -0.842. The van der Waals surface area contributed by atoms with Crippen molar-refractivity contribution in [2.75, 3.05) is 0 Å². The Morgan fingerprint density at radius 2 is 1.26 bits per heavy atom. The van der Waals surface area contributed by atoms with Gasteiger partial charge in [0.25, 0.3) is 0 Å². The first-order valence-electron chi connectivity index (χ1n) is 8.70. The molecular weight excluding hydrogens is 283 g/mol. The van der Waals surface area contributed by atoms with Crippen LogP contribution in [0, 0.1) is 0 Å². The van der Waals surface area contributed by atoms with Crippen molar-refractivity contribution in [3.63, 3.8) is 0 Å². The van der Waals surface area contributed by atoms with Crippen molar-refractivity contribution in [2.24, 2.45) is 0 Å². The zero-order chi connectivity index (χ0) is 16.5. The first kappa shape index (κ1) is 17.5. The maximum atomic E-state index is 13.2. The molecule has 0 bridgehead atoms. The number of alkyl halides is 1. The minimum Gasteiger partial charge on any atom is -0.243 e. The Bertz CT molecular complexity index is 593. The lowest BCUT2D eigenvalue weighted by molar-refractivity contribution is 0.392. The number of hydrogen-bond donors (Lipinski definition) is 0. The molecule has 0 spiro atoms. The molecule has 0 aliphatic carbocycles. The summed E-state index contributed by atoms with van der Waals surface area (Å²) in [7, 11) is 0. The fraction of sp³-hybridized carbons (Fsp3) is 0.364. The van der Waals surface area contributed by atoms with Gasteiger partial charge in [0.1, 0.15) is 6.17 Å². The van der Waals surface area contributed by atoms with Crippen LogP contribution < -0.4 is 0 Å². The predicted octanol–water partition coefficient (Wildman–Crippen LogP) is 6.19. The van der Waals surface area contributed by atoms with E-state index in [1.807, 2.05) is 13.0 Å². The number of halogens is 1. The van der Waals surface area contributed by atoms with Gasteiger partial charge in [-0.1, -0.05) is 81.0 Å². The van der Waals surface area contributed by atoms with Crippen LogP contribution in [0.25, 0.3) is 6.08 Å². The molecule has 23 heavy (non-hydrogen) atoms. The fourth-order valence-electron chi connectivity index (χ4n) is 2.60. The number of hydrogen-bond acceptors (Lipinski definition) is 0. The molecule has 0 radical (unpaired) electrons. The SMILES string of the molecule is CCCc1ccc(CCc2ccc(/C=C/C(F)CC)cc2)cc1. The molecule has 2 aromatic carbocycles. The summed E-state index contributed by atoms with van der Waals surface area (Å²) in [5.41, 5.74) is 5.20. The molecule has 2 rings (SSSR count). The Morgan fingerprint density at radius 3 is 1.74 bits per heavy atom. The Hall–Kier alpha value is -1.89. The van der Waals surface area contributed by atoms with E-state index in [1.54, 1.807) is 6.08 Å². The Kier molecular flexibility index (Phi) is 7.06. The Labute approximate surface area is 140 Å². The van der Waals surface area contributed by atoms with E-state index in [9.17, 15) is 4.39 Å². The molecule has 0 saturated carbocycles. The predicted molar refractivity (Wildman–Crippen MR) is 98.5 cm³/mol. The van der Waals surface area contributed by atoms with Crippen LogP contribution in [0.4, 0.5) is 4.39 Å². The van der Waals surface area contributed by atoms with Crippen molar-refractivity contribution in [3.8, 4) is 0 Å². The maximum absolute atomic E-state index is 13.2. The van der Waals surface area contributed by atoms with Crippen LogP contribution in [0.1, 0.15) is 48.9 Å². The van der Waals surface area contributed by atoms with E-state index in [0.717, 1.165) is 24.8 Å². The van der Waals surface area contributed by atoms with Crippen molar-refractivity contribution in [1.29, 1.82) is 0 Å². The van der Waals surface area contributed by atoms with Crippen LogP contribution in [0.15, 0.2) is 54.6 Å². The van der Waals surface area contributed by atoms with Gasteiger partial charge in [-0.25, -0.2) is 4.39 Å². The van der Waals surface area contributed by atoms with Crippen LogP contribution in [0.2, 0.25) is 0 Å². The molecule has 0 heterocycles. The summed E-state index contributed by atoms with van der Waals surface area (Å²) in [6.45, 7) is 4.07. The van der Waals surface area contributed by atoms with Crippen molar-refractivity contribution in [1.82, 2.24) is 0 Å². The monoisotopic (exact) mass is 310 g/mol. The van der Waals surface area contributed by atoms with Crippen molar-refractivity contribution >= 4 is 6.08 Å².